The van der Waals surface area contributed by atoms with E-state index >= 15 is 0 Å². The van der Waals surface area contributed by atoms with Gasteiger partial charge in [-0.15, -0.1) is 0 Å². The van der Waals surface area contributed by atoms with Crippen LogP contribution in [0.5, 0.6) is 0 Å². The summed E-state index contributed by atoms with van der Waals surface area (Å²) in [6.07, 6.45) is 2.87. The molecular formula is C19H20ClNO3S. The number of fused-ring (bicyclic) bond motifs is 1. The van der Waals surface area contributed by atoms with E-state index in [0.717, 1.165) is 24.8 Å². The molecule has 0 spiro atoms. The van der Waals surface area contributed by atoms with Crippen molar-refractivity contribution in [2.75, 3.05) is 5.75 Å². The highest BCUT2D eigenvalue weighted by molar-refractivity contribution is 7.91. The van der Waals surface area contributed by atoms with Crippen molar-refractivity contribution < 1.29 is 13.2 Å². The van der Waals surface area contributed by atoms with Gasteiger partial charge in [-0.05, 0) is 54.7 Å². The summed E-state index contributed by atoms with van der Waals surface area (Å²) >= 11 is 5.78. The first-order valence-electron chi connectivity index (χ1n) is 8.31. The first kappa shape index (κ1) is 18.0. The normalized spacial score (nSPS) is 16.9. The van der Waals surface area contributed by atoms with Crippen LogP contribution in [0.4, 0.5) is 0 Å². The number of sulfone groups is 1. The summed E-state index contributed by atoms with van der Waals surface area (Å²) < 4.78 is 24.6. The van der Waals surface area contributed by atoms with Gasteiger partial charge >= 0.3 is 0 Å². The molecule has 1 aliphatic rings. The molecule has 0 unspecified atom stereocenters. The van der Waals surface area contributed by atoms with Crippen LogP contribution in [0.25, 0.3) is 0 Å². The second kappa shape index (κ2) is 7.58. The van der Waals surface area contributed by atoms with Crippen molar-refractivity contribution in [2.24, 2.45) is 0 Å². The van der Waals surface area contributed by atoms with Crippen LogP contribution in [0.2, 0.25) is 5.02 Å². The van der Waals surface area contributed by atoms with Crippen molar-refractivity contribution in [2.45, 2.75) is 36.6 Å². The summed E-state index contributed by atoms with van der Waals surface area (Å²) in [5.41, 5.74) is 2.40. The van der Waals surface area contributed by atoms with Gasteiger partial charge in [-0.2, -0.15) is 0 Å². The highest BCUT2D eigenvalue weighted by Gasteiger charge is 2.22. The number of nitrogens with one attached hydrogen (secondary N) is 1. The average molecular weight is 378 g/mol. The lowest BCUT2D eigenvalue weighted by molar-refractivity contribution is -0.121. The Morgan fingerprint density at radius 1 is 1.12 bits per heavy atom. The van der Waals surface area contributed by atoms with E-state index in [0.29, 0.717) is 5.02 Å². The minimum Gasteiger partial charge on any atom is -0.349 e. The zero-order chi connectivity index (χ0) is 17.9. The van der Waals surface area contributed by atoms with Gasteiger partial charge in [-0.3, -0.25) is 4.79 Å². The third kappa shape index (κ3) is 4.41. The molecule has 0 saturated heterocycles. The first-order chi connectivity index (χ1) is 12.0. The molecule has 2 aromatic rings. The molecule has 4 nitrogen and oxygen atoms in total. The number of aryl methyl sites for hydroxylation is 1. The Labute approximate surface area is 153 Å². The lowest BCUT2D eigenvalue weighted by Gasteiger charge is -2.26. The average Bonchev–Trinajstić information content (AvgIpc) is 2.61. The molecule has 0 saturated carbocycles. The lowest BCUT2D eigenvalue weighted by Crippen LogP contribution is -2.32. The van der Waals surface area contributed by atoms with Crippen LogP contribution >= 0.6 is 11.6 Å². The van der Waals surface area contributed by atoms with Gasteiger partial charge in [0.1, 0.15) is 0 Å². The van der Waals surface area contributed by atoms with Gasteiger partial charge in [0.15, 0.2) is 9.84 Å². The Hall–Kier alpha value is -1.85. The molecule has 1 atom stereocenters. The molecule has 0 radical (unpaired) electrons. The van der Waals surface area contributed by atoms with Gasteiger partial charge in [-0.1, -0.05) is 35.9 Å². The molecule has 1 aliphatic carbocycles. The van der Waals surface area contributed by atoms with E-state index < -0.39 is 9.84 Å². The number of hydrogen-bond acceptors (Lipinski definition) is 3. The Morgan fingerprint density at radius 2 is 1.84 bits per heavy atom. The molecule has 0 bridgehead atoms. The number of carbonyl (C=O) groups is 1. The molecule has 3 rings (SSSR count). The Morgan fingerprint density at radius 3 is 2.60 bits per heavy atom. The van der Waals surface area contributed by atoms with E-state index in [-0.39, 0.29) is 29.0 Å². The summed E-state index contributed by atoms with van der Waals surface area (Å²) in [5.74, 6) is -0.450. The first-order valence-corrected chi connectivity index (χ1v) is 10.3. The molecule has 6 heteroatoms. The van der Waals surface area contributed by atoms with Crippen molar-refractivity contribution in [3.05, 3.63) is 64.7 Å². The second-order valence-electron chi connectivity index (χ2n) is 6.23. The predicted molar refractivity (Wildman–Crippen MR) is 98.4 cm³/mol. The van der Waals surface area contributed by atoms with E-state index in [2.05, 4.69) is 11.4 Å². The smallest absolute Gasteiger partial charge is 0.221 e. The minimum absolute atomic E-state index is 0.0318. The SMILES string of the molecule is O=C(CCS(=O)(=O)c1ccc(Cl)cc1)N[C@@H]1CCCc2ccccc21. The Kier molecular flexibility index (Phi) is 5.45. The van der Waals surface area contributed by atoms with Crippen molar-refractivity contribution >= 4 is 27.3 Å². The number of hydrogen-bond donors (Lipinski definition) is 1. The van der Waals surface area contributed by atoms with Gasteiger partial charge in [-0.25, -0.2) is 8.42 Å². The highest BCUT2D eigenvalue weighted by atomic mass is 35.5. The van der Waals surface area contributed by atoms with E-state index in [9.17, 15) is 13.2 Å². The second-order valence-corrected chi connectivity index (χ2v) is 8.78. The van der Waals surface area contributed by atoms with Crippen LogP contribution in [-0.4, -0.2) is 20.1 Å². The highest BCUT2D eigenvalue weighted by Crippen LogP contribution is 2.29. The summed E-state index contributed by atoms with van der Waals surface area (Å²) in [6, 6.07) is 14.1. The molecule has 2 aromatic carbocycles. The van der Waals surface area contributed by atoms with Crippen LogP contribution in [0.3, 0.4) is 0 Å². The maximum absolute atomic E-state index is 12.3. The molecule has 0 aromatic heterocycles. The van der Waals surface area contributed by atoms with Gasteiger partial charge in [0, 0.05) is 11.4 Å². The summed E-state index contributed by atoms with van der Waals surface area (Å²) in [4.78, 5) is 12.4. The van der Waals surface area contributed by atoms with E-state index in [1.54, 1.807) is 0 Å². The fourth-order valence-electron chi connectivity index (χ4n) is 3.16. The van der Waals surface area contributed by atoms with Crippen LogP contribution in [-0.2, 0) is 21.1 Å². The van der Waals surface area contributed by atoms with E-state index in [4.69, 9.17) is 11.6 Å². The van der Waals surface area contributed by atoms with E-state index in [1.165, 1.54) is 29.8 Å². The number of rotatable bonds is 5. The van der Waals surface area contributed by atoms with Gasteiger partial charge in [0.2, 0.25) is 5.91 Å². The molecule has 0 aliphatic heterocycles. The molecule has 0 fully saturated rings. The maximum atomic E-state index is 12.3. The number of halogens is 1. The molecule has 1 amide bonds. The van der Waals surface area contributed by atoms with Crippen molar-refractivity contribution in [3.8, 4) is 0 Å². The van der Waals surface area contributed by atoms with E-state index in [1.807, 2.05) is 18.2 Å². The number of carbonyl (C=O) groups excluding carboxylic acids is 1. The van der Waals surface area contributed by atoms with Gasteiger partial charge < -0.3 is 5.32 Å². The zero-order valence-electron chi connectivity index (χ0n) is 13.7. The van der Waals surface area contributed by atoms with Crippen LogP contribution in [0.15, 0.2) is 53.4 Å². The summed E-state index contributed by atoms with van der Waals surface area (Å²) in [5, 5.41) is 3.46. The Bertz CT molecular complexity index is 862. The van der Waals surface area contributed by atoms with Crippen molar-refractivity contribution in [3.63, 3.8) is 0 Å². The zero-order valence-corrected chi connectivity index (χ0v) is 15.3. The minimum atomic E-state index is -3.49. The van der Waals surface area contributed by atoms with Crippen LogP contribution in [0.1, 0.15) is 36.4 Å². The largest absolute Gasteiger partial charge is 0.349 e. The molecule has 0 heterocycles. The monoisotopic (exact) mass is 377 g/mol. The molecule has 132 valence electrons. The quantitative estimate of drug-likeness (QED) is 0.864. The van der Waals surface area contributed by atoms with Gasteiger partial charge in [0.05, 0.1) is 16.7 Å². The van der Waals surface area contributed by atoms with Gasteiger partial charge in [0.25, 0.3) is 0 Å². The lowest BCUT2D eigenvalue weighted by atomic mass is 9.88. The number of amides is 1. The Balaban J connectivity index is 1.61. The third-order valence-corrected chi connectivity index (χ3v) is 6.46. The van der Waals surface area contributed by atoms with Crippen LogP contribution in [0, 0.1) is 0 Å². The fraction of sp³-hybridized carbons (Fsp3) is 0.316. The third-order valence-electron chi connectivity index (χ3n) is 4.48. The summed E-state index contributed by atoms with van der Waals surface area (Å²) in [7, 11) is -3.49. The maximum Gasteiger partial charge on any atom is 0.221 e. The predicted octanol–water partition coefficient (Wildman–Crippen LogP) is 3.70. The van der Waals surface area contributed by atoms with Crippen molar-refractivity contribution in [1.82, 2.24) is 5.32 Å². The van der Waals surface area contributed by atoms with Crippen LogP contribution < -0.4 is 5.32 Å². The molecular weight excluding hydrogens is 358 g/mol. The number of benzene rings is 2. The molecule has 1 N–H and O–H groups in total. The van der Waals surface area contributed by atoms with Crippen molar-refractivity contribution in [1.29, 1.82) is 0 Å². The summed E-state index contributed by atoms with van der Waals surface area (Å²) in [6.45, 7) is 0. The topological polar surface area (TPSA) is 63.2 Å². The molecule has 25 heavy (non-hydrogen) atoms. The standard InChI is InChI=1S/C19H20ClNO3S/c20-15-8-10-16(11-9-15)25(23,24)13-12-19(22)21-18-7-3-5-14-4-1-2-6-17(14)18/h1-2,4,6,8-11,18H,3,5,7,12-13H2,(H,21,22)/t18-/m1/s1. The fourth-order valence-corrected chi connectivity index (χ4v) is 4.52.